The average Bonchev–Trinajstić information content (AvgIpc) is 2.93. The molecule has 1 unspecified atom stereocenters. The summed E-state index contributed by atoms with van der Waals surface area (Å²) in [4.78, 5) is 37.4. The maximum atomic E-state index is 13.3. The Morgan fingerprint density at radius 3 is 2.08 bits per heavy atom. The van der Waals surface area contributed by atoms with Crippen molar-refractivity contribution < 1.29 is 19.5 Å². The standard InChI is InChI=1S/C31H45N3O4S/c1-2-3-4-5-6-7-8-10-13-24-16-18-27(19-17-24)33-31(30(37)38,21-20-28(32)35)34-29(36)26(23-39)22-25-14-11-9-12-15-25/h9,11-12,14-19,26,33,39H,2-8,10,13,20-23H2,1H3,(H2,32,35)(H,34,36)(H,37,38)/t26?,31-/m0/s1. The van der Waals surface area contributed by atoms with Gasteiger partial charge in [-0.3, -0.25) is 9.59 Å². The number of nitrogens with two attached hydrogens (primary N) is 1. The minimum atomic E-state index is -1.90. The fourth-order valence-electron chi connectivity index (χ4n) is 4.60. The molecule has 0 aromatic heterocycles. The Kier molecular flexibility index (Phi) is 14.5. The number of carbonyl (C=O) groups is 3. The van der Waals surface area contributed by atoms with Crippen molar-refractivity contribution in [3.05, 3.63) is 65.7 Å². The quantitative estimate of drug-likeness (QED) is 0.0811. The highest BCUT2D eigenvalue weighted by atomic mass is 32.1. The van der Waals surface area contributed by atoms with Gasteiger partial charge in [0.15, 0.2) is 0 Å². The number of benzene rings is 2. The van der Waals surface area contributed by atoms with Crippen molar-refractivity contribution >= 4 is 36.1 Å². The molecule has 0 bridgehead atoms. The van der Waals surface area contributed by atoms with Gasteiger partial charge in [-0.2, -0.15) is 12.6 Å². The van der Waals surface area contributed by atoms with Crippen molar-refractivity contribution in [1.29, 1.82) is 0 Å². The van der Waals surface area contributed by atoms with E-state index in [9.17, 15) is 19.5 Å². The van der Waals surface area contributed by atoms with Gasteiger partial charge < -0.3 is 21.5 Å². The molecule has 0 fully saturated rings. The van der Waals surface area contributed by atoms with Gasteiger partial charge in [0, 0.05) is 24.3 Å². The van der Waals surface area contributed by atoms with Crippen LogP contribution in [0.2, 0.25) is 0 Å². The molecule has 8 heteroatoms. The molecule has 2 atom stereocenters. The van der Waals surface area contributed by atoms with E-state index in [1.807, 2.05) is 54.6 Å². The normalized spacial score (nSPS) is 13.3. The SMILES string of the molecule is CCCCCCCCCCc1ccc(N[C@@](CCC(N)=O)(NC(=O)C(CS)Cc2ccccc2)C(=O)O)cc1. The number of primary amides is 1. The molecule has 214 valence electrons. The Morgan fingerprint density at radius 1 is 0.897 bits per heavy atom. The number of amides is 2. The lowest BCUT2D eigenvalue weighted by Crippen LogP contribution is -2.61. The summed E-state index contributed by atoms with van der Waals surface area (Å²) in [5.41, 5.74) is 6.10. The largest absolute Gasteiger partial charge is 0.478 e. The third-order valence-electron chi connectivity index (χ3n) is 6.99. The van der Waals surface area contributed by atoms with Crippen LogP contribution in [0.25, 0.3) is 0 Å². The first-order chi connectivity index (χ1) is 18.8. The second-order valence-corrected chi connectivity index (χ2v) is 10.6. The molecular weight excluding hydrogens is 510 g/mol. The summed E-state index contributed by atoms with van der Waals surface area (Å²) in [5.74, 6) is -2.72. The Balaban J connectivity index is 2.05. The number of anilines is 1. The summed E-state index contributed by atoms with van der Waals surface area (Å²) in [5, 5.41) is 15.9. The molecule has 0 spiro atoms. The smallest absolute Gasteiger partial charge is 0.350 e. The molecule has 0 heterocycles. The van der Waals surface area contributed by atoms with Gasteiger partial charge in [-0.1, -0.05) is 94.3 Å². The number of carboxylic acid groups (broad SMARTS) is 1. The van der Waals surface area contributed by atoms with Gasteiger partial charge in [-0.25, -0.2) is 4.79 Å². The zero-order valence-electron chi connectivity index (χ0n) is 23.2. The lowest BCUT2D eigenvalue weighted by molar-refractivity contribution is -0.147. The average molecular weight is 556 g/mol. The van der Waals surface area contributed by atoms with Gasteiger partial charge in [-0.05, 0) is 42.5 Å². The van der Waals surface area contributed by atoms with Crippen LogP contribution in [0.4, 0.5) is 5.69 Å². The van der Waals surface area contributed by atoms with Crippen LogP contribution in [0.5, 0.6) is 0 Å². The topological polar surface area (TPSA) is 122 Å². The fraction of sp³-hybridized carbons (Fsp3) is 0.516. The van der Waals surface area contributed by atoms with Gasteiger partial charge in [0.2, 0.25) is 17.5 Å². The number of hydrogen-bond acceptors (Lipinski definition) is 5. The van der Waals surface area contributed by atoms with E-state index in [1.165, 1.54) is 50.5 Å². The van der Waals surface area contributed by atoms with Crippen molar-refractivity contribution in [3.63, 3.8) is 0 Å². The summed E-state index contributed by atoms with van der Waals surface area (Å²) in [6, 6.07) is 17.1. The van der Waals surface area contributed by atoms with Crippen molar-refractivity contribution in [2.24, 2.45) is 11.7 Å². The molecule has 39 heavy (non-hydrogen) atoms. The molecule has 0 saturated heterocycles. The second kappa shape index (κ2) is 17.6. The van der Waals surface area contributed by atoms with Crippen LogP contribution in [-0.2, 0) is 27.2 Å². The number of carboxylic acids is 1. The summed E-state index contributed by atoms with van der Waals surface area (Å²) in [7, 11) is 0. The molecule has 2 rings (SSSR count). The monoisotopic (exact) mass is 555 g/mol. The molecule has 2 aromatic rings. The van der Waals surface area contributed by atoms with Gasteiger partial charge in [0.25, 0.3) is 0 Å². The first kappa shape index (κ1) is 32.2. The Labute approximate surface area is 238 Å². The molecule has 0 radical (unpaired) electrons. The Bertz CT molecular complexity index is 1020. The maximum Gasteiger partial charge on any atom is 0.350 e. The van der Waals surface area contributed by atoms with Crippen LogP contribution in [0.1, 0.15) is 82.3 Å². The molecule has 7 nitrogen and oxygen atoms in total. The van der Waals surface area contributed by atoms with Crippen LogP contribution in [-0.4, -0.2) is 34.3 Å². The van der Waals surface area contributed by atoms with Gasteiger partial charge in [0.1, 0.15) is 0 Å². The molecular formula is C31H45N3O4S. The summed E-state index contributed by atoms with van der Waals surface area (Å²) >= 11 is 4.34. The van der Waals surface area contributed by atoms with E-state index in [-0.39, 0.29) is 18.6 Å². The van der Waals surface area contributed by atoms with E-state index in [4.69, 9.17) is 5.73 Å². The number of unbranched alkanes of at least 4 members (excludes halogenated alkanes) is 7. The first-order valence-electron chi connectivity index (χ1n) is 14.1. The molecule has 5 N–H and O–H groups in total. The predicted molar refractivity (Wildman–Crippen MR) is 161 cm³/mol. The van der Waals surface area contributed by atoms with Crippen molar-refractivity contribution in [1.82, 2.24) is 5.32 Å². The number of thiol groups is 1. The number of hydrogen-bond donors (Lipinski definition) is 5. The van der Waals surface area contributed by atoms with Gasteiger partial charge in [0.05, 0.1) is 5.92 Å². The number of aliphatic carboxylic acids is 1. The van der Waals surface area contributed by atoms with E-state index in [1.54, 1.807) is 0 Å². The van der Waals surface area contributed by atoms with Crippen LogP contribution in [0.15, 0.2) is 54.6 Å². The molecule has 0 aliphatic carbocycles. The number of carbonyl (C=O) groups excluding carboxylic acids is 2. The Morgan fingerprint density at radius 2 is 1.51 bits per heavy atom. The van der Waals surface area contributed by atoms with Crippen LogP contribution >= 0.6 is 12.6 Å². The second-order valence-electron chi connectivity index (χ2n) is 10.3. The fourth-order valence-corrected chi connectivity index (χ4v) is 4.89. The number of aryl methyl sites for hydroxylation is 1. The van der Waals surface area contributed by atoms with Gasteiger partial charge >= 0.3 is 5.97 Å². The first-order valence-corrected chi connectivity index (χ1v) is 14.8. The molecule has 0 saturated carbocycles. The van der Waals surface area contributed by atoms with Crippen LogP contribution in [0.3, 0.4) is 0 Å². The zero-order valence-corrected chi connectivity index (χ0v) is 24.1. The van der Waals surface area contributed by atoms with Crippen molar-refractivity contribution in [2.45, 2.75) is 89.6 Å². The predicted octanol–water partition coefficient (Wildman–Crippen LogP) is 5.73. The zero-order chi connectivity index (χ0) is 28.5. The third kappa shape index (κ3) is 11.7. The summed E-state index contributed by atoms with van der Waals surface area (Å²) < 4.78 is 0. The molecule has 2 aromatic carbocycles. The lowest BCUT2D eigenvalue weighted by Gasteiger charge is -2.33. The Hall–Kier alpha value is -3.00. The van der Waals surface area contributed by atoms with Gasteiger partial charge in [-0.15, -0.1) is 0 Å². The molecule has 2 amide bonds. The van der Waals surface area contributed by atoms with E-state index in [0.717, 1.165) is 18.4 Å². The molecule has 0 aliphatic heterocycles. The van der Waals surface area contributed by atoms with E-state index >= 15 is 0 Å². The van der Waals surface area contributed by atoms with E-state index < -0.39 is 29.4 Å². The van der Waals surface area contributed by atoms with Crippen LogP contribution in [0, 0.1) is 5.92 Å². The number of rotatable bonds is 20. The highest BCUT2D eigenvalue weighted by Gasteiger charge is 2.41. The summed E-state index contributed by atoms with van der Waals surface area (Å²) in [6.07, 6.45) is 11.0. The maximum absolute atomic E-state index is 13.3. The minimum Gasteiger partial charge on any atom is -0.478 e. The van der Waals surface area contributed by atoms with E-state index in [0.29, 0.717) is 12.1 Å². The molecule has 0 aliphatic rings. The van der Waals surface area contributed by atoms with Crippen molar-refractivity contribution in [3.8, 4) is 0 Å². The highest BCUT2D eigenvalue weighted by Crippen LogP contribution is 2.22. The van der Waals surface area contributed by atoms with Crippen LogP contribution < -0.4 is 16.4 Å². The third-order valence-corrected chi connectivity index (χ3v) is 7.44. The summed E-state index contributed by atoms with van der Waals surface area (Å²) in [6.45, 7) is 2.23. The number of nitrogens with one attached hydrogen (secondary N) is 2. The van der Waals surface area contributed by atoms with Crippen molar-refractivity contribution in [2.75, 3.05) is 11.1 Å². The highest BCUT2D eigenvalue weighted by molar-refractivity contribution is 7.80. The minimum absolute atomic E-state index is 0.200. The van der Waals surface area contributed by atoms with E-state index in [2.05, 4.69) is 30.2 Å². The lowest BCUT2D eigenvalue weighted by atomic mass is 9.97.